The molecule has 2 aliphatic carbocycles. The van der Waals surface area contributed by atoms with Gasteiger partial charge in [0.05, 0.1) is 0 Å². The highest BCUT2D eigenvalue weighted by Crippen LogP contribution is 2.29. The molecule has 0 unspecified atom stereocenters. The second kappa shape index (κ2) is 10.5. The summed E-state index contributed by atoms with van der Waals surface area (Å²) in [6, 6.07) is 10.6. The van der Waals surface area contributed by atoms with Crippen molar-refractivity contribution in [3.8, 4) is 0 Å². The Kier molecular flexibility index (Phi) is 7.49. The van der Waals surface area contributed by atoms with E-state index in [1.165, 1.54) is 44.9 Å². The van der Waals surface area contributed by atoms with E-state index in [0.717, 1.165) is 46.5 Å². The van der Waals surface area contributed by atoms with Crippen LogP contribution in [0.15, 0.2) is 35.5 Å². The van der Waals surface area contributed by atoms with Crippen LogP contribution < -0.4 is 10.2 Å². The first-order valence-electron chi connectivity index (χ1n) is 11.7. The van der Waals surface area contributed by atoms with E-state index in [0.29, 0.717) is 12.0 Å². The van der Waals surface area contributed by atoms with Gasteiger partial charge in [-0.15, -0.1) is 0 Å². The van der Waals surface area contributed by atoms with Gasteiger partial charge in [-0.1, -0.05) is 50.1 Å². The molecule has 1 heterocycles. The van der Waals surface area contributed by atoms with E-state index in [4.69, 9.17) is 9.97 Å². The second-order valence-corrected chi connectivity index (χ2v) is 9.84. The number of nitrogens with one attached hydrogen (secondary N) is 1. The Morgan fingerprint density at radius 3 is 2.68 bits per heavy atom. The highest BCUT2D eigenvalue weighted by Gasteiger charge is 2.22. The summed E-state index contributed by atoms with van der Waals surface area (Å²) in [6.45, 7) is 2.94. The van der Waals surface area contributed by atoms with Gasteiger partial charge >= 0.3 is 0 Å². The van der Waals surface area contributed by atoms with Gasteiger partial charge in [0, 0.05) is 42.7 Å². The van der Waals surface area contributed by atoms with Crippen LogP contribution in [-0.2, 0) is 12.2 Å². The molecule has 0 atom stereocenters. The van der Waals surface area contributed by atoms with Gasteiger partial charge in [0.25, 0.3) is 5.91 Å². The zero-order valence-corrected chi connectivity index (χ0v) is 19.6. The Bertz CT molecular complexity index is 893. The minimum Gasteiger partial charge on any atom is -0.357 e. The molecule has 31 heavy (non-hydrogen) atoms. The van der Waals surface area contributed by atoms with Crippen LogP contribution in [-0.4, -0.2) is 35.5 Å². The van der Waals surface area contributed by atoms with Gasteiger partial charge in [-0.3, -0.25) is 4.79 Å². The molecule has 2 aliphatic rings. The maximum absolute atomic E-state index is 12.4. The van der Waals surface area contributed by atoms with Gasteiger partial charge in [-0.05, 0) is 55.7 Å². The number of amides is 1. The number of hydrogen-bond donors (Lipinski definition) is 1. The fourth-order valence-electron chi connectivity index (χ4n) is 4.15. The minimum absolute atomic E-state index is 0.0272. The van der Waals surface area contributed by atoms with Crippen molar-refractivity contribution in [3.63, 3.8) is 0 Å². The molecule has 1 N–H and O–H groups in total. The van der Waals surface area contributed by atoms with Gasteiger partial charge in [0.2, 0.25) is 0 Å². The van der Waals surface area contributed by atoms with Crippen molar-refractivity contribution in [1.82, 2.24) is 15.3 Å². The molecular formula is C25H34N4OS. The number of rotatable bonds is 9. The number of aryl methyl sites for hydroxylation is 1. The zero-order valence-electron chi connectivity index (χ0n) is 18.8. The quantitative estimate of drug-likeness (QED) is 0.429. The normalized spacial score (nSPS) is 16.8. The molecule has 2 fully saturated rings. The van der Waals surface area contributed by atoms with E-state index in [2.05, 4.69) is 36.3 Å². The van der Waals surface area contributed by atoms with Crippen molar-refractivity contribution in [2.24, 2.45) is 5.92 Å². The van der Waals surface area contributed by atoms with Crippen LogP contribution >= 0.6 is 11.8 Å². The Hall–Kier alpha value is -2.08. The summed E-state index contributed by atoms with van der Waals surface area (Å²) in [5, 5.41) is 3.87. The Morgan fingerprint density at radius 2 is 1.94 bits per heavy atom. The first-order valence-corrected chi connectivity index (χ1v) is 12.7. The summed E-state index contributed by atoms with van der Waals surface area (Å²) in [4.78, 5) is 24.4. The number of aromatic nitrogens is 2. The summed E-state index contributed by atoms with van der Waals surface area (Å²) in [6.07, 6.45) is 9.86. The summed E-state index contributed by atoms with van der Waals surface area (Å²) < 4.78 is 0. The Morgan fingerprint density at radius 1 is 1.13 bits per heavy atom. The van der Waals surface area contributed by atoms with Gasteiger partial charge in [-0.25, -0.2) is 9.97 Å². The lowest BCUT2D eigenvalue weighted by Crippen LogP contribution is -2.34. The molecule has 2 aromatic rings. The first kappa shape index (κ1) is 22.1. The largest absolute Gasteiger partial charge is 0.357 e. The molecule has 1 aromatic heterocycles. The van der Waals surface area contributed by atoms with E-state index in [9.17, 15) is 4.79 Å². The number of nitrogens with zero attached hydrogens (tertiary/aromatic N) is 3. The lowest BCUT2D eigenvalue weighted by atomic mass is 9.94. The van der Waals surface area contributed by atoms with Crippen molar-refractivity contribution in [1.29, 1.82) is 0 Å². The average molecular weight is 439 g/mol. The van der Waals surface area contributed by atoms with Crippen LogP contribution in [0, 0.1) is 5.92 Å². The standard InChI is InChI=1S/C25H34N4OS/c1-3-21-15-23(29(2)22-10-5-4-6-11-22)28-25(27-21)31-17-19-8-7-9-20(14-19)24(30)26-16-18-12-13-18/h7-9,14-15,18,22H,3-6,10-13,16-17H2,1-2H3,(H,26,30). The highest BCUT2D eigenvalue weighted by atomic mass is 32.2. The Labute approximate surface area is 190 Å². The van der Waals surface area contributed by atoms with Crippen LogP contribution in [0.25, 0.3) is 0 Å². The SMILES string of the molecule is CCc1cc(N(C)C2CCCCC2)nc(SCc2cccc(C(=O)NCC3CC3)c2)n1. The minimum atomic E-state index is 0.0272. The molecule has 0 bridgehead atoms. The van der Waals surface area contributed by atoms with Gasteiger partial charge in [-0.2, -0.15) is 0 Å². The molecule has 2 saturated carbocycles. The lowest BCUT2D eigenvalue weighted by Gasteiger charge is -2.32. The van der Waals surface area contributed by atoms with Crippen LogP contribution in [0.2, 0.25) is 0 Å². The molecule has 0 saturated heterocycles. The third-order valence-corrected chi connectivity index (χ3v) is 7.31. The summed E-state index contributed by atoms with van der Waals surface area (Å²) >= 11 is 1.65. The molecular weight excluding hydrogens is 404 g/mol. The Balaban J connectivity index is 1.41. The maximum atomic E-state index is 12.4. The summed E-state index contributed by atoms with van der Waals surface area (Å²) in [5.74, 6) is 2.50. The summed E-state index contributed by atoms with van der Waals surface area (Å²) in [7, 11) is 2.18. The molecule has 1 aromatic carbocycles. The predicted octanol–water partition coefficient (Wildman–Crippen LogP) is 5.24. The molecule has 6 heteroatoms. The second-order valence-electron chi connectivity index (χ2n) is 8.90. The number of thioether (sulfide) groups is 1. The van der Waals surface area contributed by atoms with E-state index in [1.807, 2.05) is 18.2 Å². The smallest absolute Gasteiger partial charge is 0.251 e. The van der Waals surface area contributed by atoms with Crippen molar-refractivity contribution >= 4 is 23.5 Å². The number of hydrogen-bond acceptors (Lipinski definition) is 5. The van der Waals surface area contributed by atoms with Crippen LogP contribution in [0.5, 0.6) is 0 Å². The fraction of sp³-hybridized carbons (Fsp3) is 0.560. The molecule has 5 nitrogen and oxygen atoms in total. The van der Waals surface area contributed by atoms with Gasteiger partial charge < -0.3 is 10.2 Å². The van der Waals surface area contributed by atoms with Crippen molar-refractivity contribution in [2.45, 2.75) is 75.2 Å². The number of benzene rings is 1. The number of carbonyl (C=O) groups is 1. The van der Waals surface area contributed by atoms with Crippen LogP contribution in [0.4, 0.5) is 5.82 Å². The number of carbonyl (C=O) groups excluding carboxylic acids is 1. The molecule has 166 valence electrons. The zero-order chi connectivity index (χ0) is 21.6. The number of anilines is 1. The summed E-state index contributed by atoms with van der Waals surface area (Å²) in [5.41, 5.74) is 2.94. The molecule has 4 rings (SSSR count). The predicted molar refractivity (Wildman–Crippen MR) is 128 cm³/mol. The fourth-order valence-corrected chi connectivity index (χ4v) is 4.97. The molecule has 0 aliphatic heterocycles. The third kappa shape index (κ3) is 6.22. The third-order valence-electron chi connectivity index (χ3n) is 6.40. The van der Waals surface area contributed by atoms with Crippen molar-refractivity contribution in [3.05, 3.63) is 47.2 Å². The van der Waals surface area contributed by atoms with Crippen molar-refractivity contribution in [2.75, 3.05) is 18.5 Å². The van der Waals surface area contributed by atoms with Crippen LogP contribution in [0.3, 0.4) is 0 Å². The van der Waals surface area contributed by atoms with E-state index < -0.39 is 0 Å². The van der Waals surface area contributed by atoms with E-state index in [1.54, 1.807) is 11.8 Å². The van der Waals surface area contributed by atoms with E-state index >= 15 is 0 Å². The lowest BCUT2D eigenvalue weighted by molar-refractivity contribution is 0.0951. The maximum Gasteiger partial charge on any atom is 0.251 e. The molecule has 1 amide bonds. The molecule has 0 radical (unpaired) electrons. The monoisotopic (exact) mass is 438 g/mol. The van der Waals surface area contributed by atoms with Crippen molar-refractivity contribution < 1.29 is 4.79 Å². The highest BCUT2D eigenvalue weighted by molar-refractivity contribution is 7.98. The van der Waals surface area contributed by atoms with Gasteiger partial charge in [0.1, 0.15) is 5.82 Å². The topological polar surface area (TPSA) is 58.1 Å². The molecule has 0 spiro atoms. The van der Waals surface area contributed by atoms with Gasteiger partial charge in [0.15, 0.2) is 5.16 Å². The van der Waals surface area contributed by atoms with Crippen LogP contribution in [0.1, 0.15) is 73.5 Å². The average Bonchev–Trinajstić information content (AvgIpc) is 3.66. The van der Waals surface area contributed by atoms with E-state index in [-0.39, 0.29) is 5.91 Å². The first-order chi connectivity index (χ1) is 15.1.